The number of carbonyl (C=O) groups excluding carboxylic acids is 2. The summed E-state index contributed by atoms with van der Waals surface area (Å²) in [7, 11) is 1.46. The van der Waals surface area contributed by atoms with E-state index in [4.69, 9.17) is 14.2 Å². The highest BCUT2D eigenvalue weighted by Crippen LogP contribution is 2.24. The second-order valence-corrected chi connectivity index (χ2v) is 5.41. The maximum Gasteiger partial charge on any atom is 0.347 e. The van der Waals surface area contributed by atoms with Crippen molar-refractivity contribution in [3.05, 3.63) is 35.5 Å². The first-order valence-corrected chi connectivity index (χ1v) is 8.69. The molecule has 0 aliphatic carbocycles. The van der Waals surface area contributed by atoms with Gasteiger partial charge in [0.1, 0.15) is 5.82 Å². The summed E-state index contributed by atoms with van der Waals surface area (Å²) < 4.78 is 15.0. The highest BCUT2D eigenvalue weighted by molar-refractivity contribution is 6.14. The molecule has 144 valence electrons. The Bertz CT molecular complexity index is 844. The Kier molecular flexibility index (Phi) is 7.10. The molecule has 8 nitrogen and oxygen atoms in total. The zero-order chi connectivity index (χ0) is 19.8. The van der Waals surface area contributed by atoms with E-state index in [-0.39, 0.29) is 24.8 Å². The summed E-state index contributed by atoms with van der Waals surface area (Å²) >= 11 is 0. The first kappa shape index (κ1) is 20.2. The van der Waals surface area contributed by atoms with Crippen LogP contribution in [0.4, 0.5) is 5.82 Å². The number of nitrogens with zero attached hydrogens (tertiary/aromatic N) is 2. The molecule has 1 N–H and O–H groups in total. The van der Waals surface area contributed by atoms with Crippen molar-refractivity contribution in [2.45, 2.75) is 27.2 Å². The molecule has 0 fully saturated rings. The fourth-order valence-corrected chi connectivity index (χ4v) is 2.33. The number of carbonyl (C=O) groups is 2. The Labute approximate surface area is 157 Å². The van der Waals surface area contributed by atoms with Crippen LogP contribution in [-0.2, 0) is 25.5 Å². The van der Waals surface area contributed by atoms with E-state index in [2.05, 4.69) is 15.3 Å². The molecule has 27 heavy (non-hydrogen) atoms. The topological polar surface area (TPSA) is 99.6 Å². The largest absolute Gasteiger partial charge is 0.467 e. The summed E-state index contributed by atoms with van der Waals surface area (Å²) in [4.78, 5) is 32.8. The quantitative estimate of drug-likeness (QED) is 0.326. The van der Waals surface area contributed by atoms with Gasteiger partial charge in [0.2, 0.25) is 0 Å². The second-order valence-electron chi connectivity index (χ2n) is 5.41. The molecule has 0 saturated carbocycles. The lowest BCUT2D eigenvalue weighted by molar-refractivity contribution is -0.146. The third-order valence-corrected chi connectivity index (χ3v) is 3.67. The SMILES string of the molecule is CCOC(=O)C(=CNc1nc(OC)nc2ccc(CC)cc12)C(=O)OCC. The van der Waals surface area contributed by atoms with E-state index >= 15 is 0 Å². The van der Waals surface area contributed by atoms with Gasteiger partial charge < -0.3 is 19.5 Å². The van der Waals surface area contributed by atoms with Gasteiger partial charge in [0.15, 0.2) is 5.57 Å². The first-order chi connectivity index (χ1) is 13.0. The molecular formula is C19H23N3O5. The average molecular weight is 373 g/mol. The van der Waals surface area contributed by atoms with E-state index in [1.54, 1.807) is 13.8 Å². The first-order valence-electron chi connectivity index (χ1n) is 8.69. The number of benzene rings is 1. The molecule has 0 unspecified atom stereocenters. The van der Waals surface area contributed by atoms with Gasteiger partial charge in [-0.2, -0.15) is 9.97 Å². The summed E-state index contributed by atoms with van der Waals surface area (Å²) in [6, 6.07) is 5.94. The van der Waals surface area contributed by atoms with Gasteiger partial charge in [-0.1, -0.05) is 13.0 Å². The number of hydrogen-bond acceptors (Lipinski definition) is 8. The maximum absolute atomic E-state index is 12.1. The minimum Gasteiger partial charge on any atom is -0.467 e. The summed E-state index contributed by atoms with van der Waals surface area (Å²) in [6.07, 6.45) is 2.07. The highest BCUT2D eigenvalue weighted by atomic mass is 16.6. The lowest BCUT2D eigenvalue weighted by atomic mass is 10.1. The number of rotatable bonds is 8. The minimum atomic E-state index is -0.775. The molecule has 0 amide bonds. The number of methoxy groups -OCH3 is 1. The lowest BCUT2D eigenvalue weighted by Gasteiger charge is -2.10. The Morgan fingerprint density at radius 2 is 1.74 bits per heavy atom. The average Bonchev–Trinajstić information content (AvgIpc) is 2.67. The van der Waals surface area contributed by atoms with Crippen molar-refractivity contribution < 1.29 is 23.8 Å². The van der Waals surface area contributed by atoms with Crippen LogP contribution in [0.15, 0.2) is 30.0 Å². The molecule has 0 spiro atoms. The zero-order valence-electron chi connectivity index (χ0n) is 15.9. The van der Waals surface area contributed by atoms with E-state index in [0.717, 1.165) is 17.4 Å². The van der Waals surface area contributed by atoms with Crippen molar-refractivity contribution in [3.63, 3.8) is 0 Å². The second kappa shape index (κ2) is 9.51. The molecule has 2 rings (SSSR count). The van der Waals surface area contributed by atoms with Gasteiger partial charge in [-0.25, -0.2) is 9.59 Å². The summed E-state index contributed by atoms with van der Waals surface area (Å²) in [5.74, 6) is -1.15. The molecule has 2 aromatic rings. The predicted octanol–water partition coefficient (Wildman–Crippen LogP) is 2.62. The number of esters is 2. The van der Waals surface area contributed by atoms with Crippen LogP contribution >= 0.6 is 0 Å². The molecule has 1 heterocycles. The van der Waals surface area contributed by atoms with Crippen LogP contribution in [-0.4, -0.2) is 42.2 Å². The Balaban J connectivity index is 2.48. The molecule has 0 bridgehead atoms. The molecule has 1 aromatic carbocycles. The van der Waals surface area contributed by atoms with Gasteiger partial charge >= 0.3 is 17.9 Å². The van der Waals surface area contributed by atoms with E-state index in [9.17, 15) is 9.59 Å². The maximum atomic E-state index is 12.1. The zero-order valence-corrected chi connectivity index (χ0v) is 15.9. The van der Waals surface area contributed by atoms with Crippen LogP contribution in [0.5, 0.6) is 6.01 Å². The van der Waals surface area contributed by atoms with Crippen LogP contribution < -0.4 is 10.1 Å². The number of fused-ring (bicyclic) bond motifs is 1. The molecule has 0 saturated heterocycles. The molecule has 0 radical (unpaired) electrons. The Morgan fingerprint density at radius 1 is 1.07 bits per heavy atom. The minimum absolute atomic E-state index is 0.139. The number of aryl methyl sites for hydroxylation is 1. The van der Waals surface area contributed by atoms with Crippen molar-refractivity contribution in [2.75, 3.05) is 25.6 Å². The van der Waals surface area contributed by atoms with Crippen LogP contribution in [0.3, 0.4) is 0 Å². The standard InChI is InChI=1S/C19H23N3O5/c1-5-12-8-9-15-13(10-12)16(22-19(21-15)25-4)20-11-14(17(23)26-6-2)18(24)27-7-3/h8-11H,5-7H2,1-4H3,(H,20,21,22). The smallest absolute Gasteiger partial charge is 0.347 e. The Hall–Kier alpha value is -3.16. The predicted molar refractivity (Wildman–Crippen MR) is 100 cm³/mol. The molecule has 0 aliphatic heterocycles. The number of hydrogen-bond donors (Lipinski definition) is 1. The molecule has 1 aromatic heterocycles. The summed E-state index contributed by atoms with van der Waals surface area (Å²) in [5.41, 5.74) is 1.51. The van der Waals surface area contributed by atoms with Crippen molar-refractivity contribution in [3.8, 4) is 6.01 Å². The fourth-order valence-electron chi connectivity index (χ4n) is 2.33. The van der Waals surface area contributed by atoms with Crippen LogP contribution in [0.1, 0.15) is 26.3 Å². The lowest BCUT2D eigenvalue weighted by Crippen LogP contribution is -2.19. The van der Waals surface area contributed by atoms with Gasteiger partial charge in [0.05, 0.1) is 25.8 Å². The summed E-state index contributed by atoms with van der Waals surface area (Å²) in [6.45, 7) is 5.63. The van der Waals surface area contributed by atoms with E-state index in [1.807, 2.05) is 25.1 Å². The van der Waals surface area contributed by atoms with E-state index < -0.39 is 11.9 Å². The third kappa shape index (κ3) is 4.93. The van der Waals surface area contributed by atoms with Crippen molar-refractivity contribution in [1.82, 2.24) is 9.97 Å². The molecular weight excluding hydrogens is 350 g/mol. The van der Waals surface area contributed by atoms with Gasteiger partial charge in [0, 0.05) is 11.6 Å². The molecule has 0 atom stereocenters. The third-order valence-electron chi connectivity index (χ3n) is 3.67. The van der Waals surface area contributed by atoms with Gasteiger partial charge in [0.25, 0.3) is 0 Å². The van der Waals surface area contributed by atoms with Crippen molar-refractivity contribution >= 4 is 28.7 Å². The molecule has 0 aliphatic rings. The number of ether oxygens (including phenoxy) is 3. The van der Waals surface area contributed by atoms with E-state index in [1.165, 1.54) is 13.3 Å². The normalized spacial score (nSPS) is 10.2. The van der Waals surface area contributed by atoms with Gasteiger partial charge in [-0.05, 0) is 38.0 Å². The van der Waals surface area contributed by atoms with Crippen LogP contribution in [0.25, 0.3) is 10.9 Å². The Morgan fingerprint density at radius 3 is 2.30 bits per heavy atom. The number of nitrogens with one attached hydrogen (secondary N) is 1. The number of aromatic nitrogens is 2. The number of anilines is 1. The van der Waals surface area contributed by atoms with Crippen molar-refractivity contribution in [2.24, 2.45) is 0 Å². The van der Waals surface area contributed by atoms with Crippen LogP contribution in [0.2, 0.25) is 0 Å². The monoisotopic (exact) mass is 373 g/mol. The van der Waals surface area contributed by atoms with Gasteiger partial charge in [-0.15, -0.1) is 0 Å². The fraction of sp³-hybridized carbons (Fsp3) is 0.368. The molecule has 8 heteroatoms. The highest BCUT2D eigenvalue weighted by Gasteiger charge is 2.21. The van der Waals surface area contributed by atoms with Crippen molar-refractivity contribution in [1.29, 1.82) is 0 Å². The van der Waals surface area contributed by atoms with E-state index in [0.29, 0.717) is 11.3 Å². The van der Waals surface area contributed by atoms with Crippen LogP contribution in [0, 0.1) is 0 Å². The summed E-state index contributed by atoms with van der Waals surface area (Å²) in [5, 5.41) is 3.63. The van der Waals surface area contributed by atoms with Gasteiger partial charge in [-0.3, -0.25) is 0 Å².